The van der Waals surface area contributed by atoms with E-state index < -0.39 is 0 Å². The van der Waals surface area contributed by atoms with E-state index in [1.54, 1.807) is 25.1 Å². The van der Waals surface area contributed by atoms with Crippen molar-refractivity contribution >= 4 is 34.6 Å². The molecule has 23 heavy (non-hydrogen) atoms. The molecule has 0 saturated carbocycles. The second-order valence-corrected chi connectivity index (χ2v) is 5.89. The Bertz CT molecular complexity index is 696. The summed E-state index contributed by atoms with van der Waals surface area (Å²) in [5, 5.41) is 4.08. The van der Waals surface area contributed by atoms with Crippen LogP contribution in [0.4, 0.5) is 10.1 Å². The number of hydrogen-bond donors (Lipinski definition) is 1. The first kappa shape index (κ1) is 17.5. The van der Waals surface area contributed by atoms with E-state index in [1.807, 2.05) is 30.1 Å². The molecule has 2 aromatic rings. The Morgan fingerprint density at radius 2 is 2.04 bits per heavy atom. The van der Waals surface area contributed by atoms with Gasteiger partial charge in [0, 0.05) is 12.7 Å². The minimum Gasteiger partial charge on any atom is -0.490 e. The summed E-state index contributed by atoms with van der Waals surface area (Å²) in [4.78, 5) is 1.82. The zero-order chi connectivity index (χ0) is 16.8. The van der Waals surface area contributed by atoms with Gasteiger partial charge in [0.05, 0.1) is 11.6 Å². The van der Waals surface area contributed by atoms with Crippen molar-refractivity contribution in [1.82, 2.24) is 4.90 Å². The average molecular weight is 353 g/mol. The summed E-state index contributed by atoms with van der Waals surface area (Å²) < 4.78 is 19.2. The number of nitrogens with one attached hydrogen (secondary N) is 1. The standard InChI is InChI=1S/C17H18ClFN2OS/c1-12-7-8-13(11-15(12)19)20-17(23)21(2)9-10-22-16-6-4-3-5-14(16)18/h3-8,11H,9-10H2,1-2H3,(H,20,23). The maximum absolute atomic E-state index is 13.5. The Kier molecular flexibility index (Phi) is 6.19. The van der Waals surface area contributed by atoms with Gasteiger partial charge < -0.3 is 15.0 Å². The number of rotatable bonds is 5. The molecule has 2 rings (SSSR count). The molecule has 0 atom stereocenters. The molecule has 0 spiro atoms. The van der Waals surface area contributed by atoms with Gasteiger partial charge in [0.25, 0.3) is 0 Å². The summed E-state index contributed by atoms with van der Waals surface area (Å²) in [5.74, 6) is 0.379. The van der Waals surface area contributed by atoms with Gasteiger partial charge in [-0.3, -0.25) is 0 Å². The third-order valence-electron chi connectivity index (χ3n) is 3.29. The van der Waals surface area contributed by atoms with E-state index in [1.165, 1.54) is 6.07 Å². The minimum atomic E-state index is -0.262. The Labute approximate surface area is 146 Å². The Balaban J connectivity index is 1.83. The third-order valence-corrected chi connectivity index (χ3v) is 4.02. The molecule has 0 aliphatic carbocycles. The topological polar surface area (TPSA) is 24.5 Å². The normalized spacial score (nSPS) is 10.3. The van der Waals surface area contributed by atoms with Crippen LogP contribution in [0.2, 0.25) is 5.02 Å². The lowest BCUT2D eigenvalue weighted by Crippen LogP contribution is -2.34. The molecule has 1 N–H and O–H groups in total. The van der Waals surface area contributed by atoms with E-state index in [0.29, 0.717) is 40.3 Å². The zero-order valence-electron chi connectivity index (χ0n) is 13.0. The highest BCUT2D eigenvalue weighted by atomic mass is 35.5. The van der Waals surface area contributed by atoms with Gasteiger partial charge in [-0.25, -0.2) is 4.39 Å². The molecule has 0 aromatic heterocycles. The quantitative estimate of drug-likeness (QED) is 0.801. The molecule has 0 heterocycles. The molecule has 0 unspecified atom stereocenters. The van der Waals surface area contributed by atoms with Gasteiger partial charge in [0.1, 0.15) is 18.2 Å². The summed E-state index contributed by atoms with van der Waals surface area (Å²) in [6, 6.07) is 12.2. The Morgan fingerprint density at radius 1 is 1.30 bits per heavy atom. The number of likely N-dealkylation sites (N-methyl/N-ethyl adjacent to an activating group) is 1. The second-order valence-electron chi connectivity index (χ2n) is 5.09. The fourth-order valence-electron chi connectivity index (χ4n) is 1.85. The van der Waals surface area contributed by atoms with E-state index in [9.17, 15) is 4.39 Å². The van der Waals surface area contributed by atoms with Crippen LogP contribution >= 0.6 is 23.8 Å². The number of anilines is 1. The van der Waals surface area contributed by atoms with Gasteiger partial charge in [0.15, 0.2) is 5.11 Å². The van der Waals surface area contributed by atoms with Gasteiger partial charge in [-0.2, -0.15) is 0 Å². The number of para-hydroxylation sites is 1. The van der Waals surface area contributed by atoms with Crippen LogP contribution < -0.4 is 10.1 Å². The molecule has 2 aromatic carbocycles. The van der Waals surface area contributed by atoms with Crippen molar-refractivity contribution in [3.05, 3.63) is 58.9 Å². The van der Waals surface area contributed by atoms with Crippen LogP contribution in [0, 0.1) is 12.7 Å². The molecule has 6 heteroatoms. The van der Waals surface area contributed by atoms with Gasteiger partial charge in [0.2, 0.25) is 0 Å². The smallest absolute Gasteiger partial charge is 0.173 e. The van der Waals surface area contributed by atoms with Crippen LogP contribution in [0.5, 0.6) is 5.75 Å². The number of benzene rings is 2. The van der Waals surface area contributed by atoms with Gasteiger partial charge in [-0.1, -0.05) is 29.8 Å². The SMILES string of the molecule is Cc1ccc(NC(=S)N(C)CCOc2ccccc2Cl)cc1F. The monoisotopic (exact) mass is 352 g/mol. The van der Waals surface area contributed by atoms with Crippen LogP contribution in [-0.2, 0) is 0 Å². The van der Waals surface area contributed by atoms with Crippen LogP contribution in [0.1, 0.15) is 5.56 Å². The van der Waals surface area contributed by atoms with Crippen LogP contribution in [0.25, 0.3) is 0 Å². The number of ether oxygens (including phenoxy) is 1. The fourth-order valence-corrected chi connectivity index (χ4v) is 2.24. The highest BCUT2D eigenvalue weighted by Crippen LogP contribution is 2.22. The number of hydrogen-bond acceptors (Lipinski definition) is 2. The number of aryl methyl sites for hydroxylation is 1. The summed E-state index contributed by atoms with van der Waals surface area (Å²) >= 11 is 11.3. The third kappa shape index (κ3) is 5.08. The first-order chi connectivity index (χ1) is 11.0. The van der Waals surface area contributed by atoms with Gasteiger partial charge in [-0.05, 0) is 49.0 Å². The lowest BCUT2D eigenvalue weighted by molar-refractivity contribution is 0.285. The molecule has 0 aliphatic heterocycles. The molecule has 0 amide bonds. The van der Waals surface area contributed by atoms with Crippen molar-refractivity contribution < 1.29 is 9.13 Å². The van der Waals surface area contributed by atoms with Crippen molar-refractivity contribution in [3.8, 4) is 5.75 Å². The zero-order valence-corrected chi connectivity index (χ0v) is 14.5. The minimum absolute atomic E-state index is 0.262. The van der Waals surface area contributed by atoms with Crippen molar-refractivity contribution in [3.63, 3.8) is 0 Å². The van der Waals surface area contributed by atoms with Crippen LogP contribution in [-0.4, -0.2) is 30.2 Å². The maximum Gasteiger partial charge on any atom is 0.173 e. The van der Waals surface area contributed by atoms with Crippen molar-refractivity contribution in [2.75, 3.05) is 25.5 Å². The lowest BCUT2D eigenvalue weighted by Gasteiger charge is -2.21. The number of thiocarbonyl (C=S) groups is 1. The molecule has 3 nitrogen and oxygen atoms in total. The highest BCUT2D eigenvalue weighted by molar-refractivity contribution is 7.80. The van der Waals surface area contributed by atoms with Gasteiger partial charge in [-0.15, -0.1) is 0 Å². The summed E-state index contributed by atoms with van der Waals surface area (Å²) in [7, 11) is 1.84. The van der Waals surface area contributed by atoms with E-state index in [0.717, 1.165) is 0 Å². The Morgan fingerprint density at radius 3 is 2.74 bits per heavy atom. The molecule has 0 aliphatic rings. The molecule has 122 valence electrons. The highest BCUT2D eigenvalue weighted by Gasteiger charge is 2.07. The maximum atomic E-state index is 13.5. The largest absolute Gasteiger partial charge is 0.490 e. The van der Waals surface area contributed by atoms with Crippen LogP contribution in [0.15, 0.2) is 42.5 Å². The second kappa shape index (κ2) is 8.13. The number of nitrogens with zero attached hydrogens (tertiary/aromatic N) is 1. The predicted molar refractivity (Wildman–Crippen MR) is 96.9 cm³/mol. The molecule has 0 saturated heterocycles. The van der Waals surface area contributed by atoms with E-state index in [4.69, 9.17) is 28.6 Å². The van der Waals surface area contributed by atoms with Crippen molar-refractivity contribution in [2.45, 2.75) is 6.92 Å². The Hall–Kier alpha value is -1.85. The van der Waals surface area contributed by atoms with Crippen molar-refractivity contribution in [1.29, 1.82) is 0 Å². The first-order valence-corrected chi connectivity index (χ1v) is 7.91. The molecule has 0 bridgehead atoms. The molecular formula is C17H18ClFN2OS. The average Bonchev–Trinajstić information content (AvgIpc) is 2.52. The summed E-state index contributed by atoms with van der Waals surface area (Å²) in [5.41, 5.74) is 1.22. The van der Waals surface area contributed by atoms with Crippen molar-refractivity contribution in [2.24, 2.45) is 0 Å². The molecule has 0 fully saturated rings. The lowest BCUT2D eigenvalue weighted by atomic mass is 10.2. The summed E-state index contributed by atoms with van der Waals surface area (Å²) in [6.45, 7) is 2.73. The molecule has 0 radical (unpaired) electrons. The predicted octanol–water partition coefficient (Wildman–Crippen LogP) is 4.50. The fraction of sp³-hybridized carbons (Fsp3) is 0.235. The van der Waals surface area contributed by atoms with E-state index in [2.05, 4.69) is 5.32 Å². The van der Waals surface area contributed by atoms with Gasteiger partial charge >= 0.3 is 0 Å². The molecular weight excluding hydrogens is 335 g/mol. The van der Waals surface area contributed by atoms with Crippen LogP contribution in [0.3, 0.4) is 0 Å². The first-order valence-electron chi connectivity index (χ1n) is 7.13. The van der Waals surface area contributed by atoms with E-state index >= 15 is 0 Å². The summed E-state index contributed by atoms with van der Waals surface area (Å²) in [6.07, 6.45) is 0. The van der Waals surface area contributed by atoms with E-state index in [-0.39, 0.29) is 5.82 Å². The number of halogens is 2.